The minimum Gasteiger partial charge on any atom is -0.383 e. The van der Waals surface area contributed by atoms with Crippen molar-refractivity contribution < 1.29 is 9.59 Å². The molecule has 2 amide bonds. The Morgan fingerprint density at radius 3 is 2.06 bits per heavy atom. The lowest BCUT2D eigenvalue weighted by Crippen LogP contribution is -2.52. The van der Waals surface area contributed by atoms with Gasteiger partial charge in [0.1, 0.15) is 5.82 Å². The number of nitrogens with zero attached hydrogens (tertiary/aromatic N) is 5. The van der Waals surface area contributed by atoms with Crippen LogP contribution in [-0.2, 0) is 16.1 Å². The lowest BCUT2D eigenvalue weighted by Gasteiger charge is -2.35. The van der Waals surface area contributed by atoms with E-state index in [1.807, 2.05) is 25.7 Å². The number of aromatic nitrogens is 2. The summed E-state index contributed by atoms with van der Waals surface area (Å²) in [6.45, 7) is 9.75. The van der Waals surface area contributed by atoms with Crippen molar-refractivity contribution in [2.75, 3.05) is 70.5 Å². The number of carbonyl (C=O) groups is 2. The molecule has 0 bridgehead atoms. The molecule has 3 N–H and O–H groups in total. The highest BCUT2D eigenvalue weighted by molar-refractivity contribution is 5.96. The van der Waals surface area contributed by atoms with Gasteiger partial charge >= 0.3 is 5.69 Å². The highest BCUT2D eigenvalue weighted by atomic mass is 16.2. The first kappa shape index (κ1) is 26.6. The summed E-state index contributed by atoms with van der Waals surface area (Å²) in [6.07, 6.45) is 1.54. The van der Waals surface area contributed by atoms with Gasteiger partial charge in [0.2, 0.25) is 11.8 Å². The maximum absolute atomic E-state index is 13.3. The number of likely N-dealkylation sites (N-methyl/N-ethyl adjacent to an activating group) is 1. The molecule has 11 heteroatoms. The molecule has 1 saturated heterocycles. The summed E-state index contributed by atoms with van der Waals surface area (Å²) in [5.41, 5.74) is 5.09. The normalized spacial score (nSPS) is 15.1. The van der Waals surface area contributed by atoms with E-state index < -0.39 is 11.2 Å². The summed E-state index contributed by atoms with van der Waals surface area (Å²) in [5.74, 6) is -0.0159. The molecular weight excluding hydrogens is 426 g/mol. The van der Waals surface area contributed by atoms with E-state index in [9.17, 15) is 19.2 Å². The van der Waals surface area contributed by atoms with Crippen LogP contribution in [0.25, 0.3) is 0 Å². The summed E-state index contributed by atoms with van der Waals surface area (Å²) < 4.78 is 1.33. The first-order chi connectivity index (χ1) is 15.5. The molecule has 11 nitrogen and oxygen atoms in total. The predicted molar refractivity (Wildman–Crippen MR) is 129 cm³/mol. The monoisotopic (exact) mass is 465 g/mol. The number of amides is 2. The lowest BCUT2D eigenvalue weighted by atomic mass is 10.2. The third-order valence-corrected chi connectivity index (χ3v) is 5.75. The lowest BCUT2D eigenvalue weighted by molar-refractivity contribution is -0.130. The summed E-state index contributed by atoms with van der Waals surface area (Å²) >= 11 is 0. The van der Waals surface area contributed by atoms with Gasteiger partial charge in [0, 0.05) is 53.4 Å². The van der Waals surface area contributed by atoms with Gasteiger partial charge in [-0.15, -0.1) is 0 Å². The molecule has 186 valence electrons. The van der Waals surface area contributed by atoms with Crippen molar-refractivity contribution in [2.24, 2.45) is 5.92 Å². The van der Waals surface area contributed by atoms with E-state index in [0.29, 0.717) is 52.2 Å². The topological polar surface area (TPSA) is 128 Å². The molecule has 1 aromatic heterocycles. The van der Waals surface area contributed by atoms with Crippen LogP contribution < -0.4 is 21.9 Å². The van der Waals surface area contributed by atoms with Gasteiger partial charge in [-0.25, -0.2) is 4.79 Å². The summed E-state index contributed by atoms with van der Waals surface area (Å²) in [6, 6.07) is 0. The second kappa shape index (κ2) is 12.0. The van der Waals surface area contributed by atoms with Crippen LogP contribution in [0.3, 0.4) is 0 Å². The van der Waals surface area contributed by atoms with Crippen LogP contribution in [0.15, 0.2) is 9.59 Å². The number of anilines is 2. The molecule has 1 fully saturated rings. The third-order valence-electron chi connectivity index (χ3n) is 5.75. The molecule has 1 aliphatic rings. The first-order valence-electron chi connectivity index (χ1n) is 11.6. The second-order valence-corrected chi connectivity index (χ2v) is 9.24. The Labute approximate surface area is 195 Å². The average molecular weight is 466 g/mol. The van der Waals surface area contributed by atoms with Crippen LogP contribution in [0.4, 0.5) is 11.5 Å². The van der Waals surface area contributed by atoms with E-state index >= 15 is 0 Å². The van der Waals surface area contributed by atoms with Gasteiger partial charge < -0.3 is 15.5 Å². The van der Waals surface area contributed by atoms with Crippen molar-refractivity contribution in [1.82, 2.24) is 24.3 Å². The minimum atomic E-state index is -0.644. The van der Waals surface area contributed by atoms with Crippen molar-refractivity contribution in [3.8, 4) is 0 Å². The molecule has 2 rings (SSSR count). The average Bonchev–Trinajstić information content (AvgIpc) is 2.74. The smallest absolute Gasteiger partial charge is 0.330 e. The molecular formula is C22H39N7O4. The number of rotatable bonds is 10. The highest BCUT2D eigenvalue weighted by Gasteiger charge is 2.27. The zero-order valence-electron chi connectivity index (χ0n) is 20.6. The molecule has 0 unspecified atom stereocenters. The van der Waals surface area contributed by atoms with Crippen molar-refractivity contribution in [3.63, 3.8) is 0 Å². The van der Waals surface area contributed by atoms with Crippen molar-refractivity contribution in [2.45, 2.75) is 40.2 Å². The zero-order valence-corrected chi connectivity index (χ0v) is 20.6. The molecule has 0 atom stereocenters. The molecule has 0 radical (unpaired) electrons. The number of nitrogens with two attached hydrogens (primary N) is 1. The number of nitrogens with one attached hydrogen (secondary N) is 1. The molecule has 2 heterocycles. The number of hydrogen-bond donors (Lipinski definition) is 2. The van der Waals surface area contributed by atoms with Crippen molar-refractivity contribution >= 4 is 23.3 Å². The van der Waals surface area contributed by atoms with Crippen LogP contribution in [0.2, 0.25) is 0 Å². The molecule has 33 heavy (non-hydrogen) atoms. The molecule has 0 saturated carbocycles. The van der Waals surface area contributed by atoms with Crippen LogP contribution in [0.1, 0.15) is 33.6 Å². The van der Waals surface area contributed by atoms with E-state index in [2.05, 4.69) is 9.88 Å². The van der Waals surface area contributed by atoms with E-state index in [1.54, 1.807) is 19.0 Å². The van der Waals surface area contributed by atoms with Gasteiger partial charge in [-0.05, 0) is 12.3 Å². The Morgan fingerprint density at radius 1 is 1.03 bits per heavy atom. The van der Waals surface area contributed by atoms with Crippen LogP contribution >= 0.6 is 0 Å². The number of nitrogen functional groups attached to an aromatic ring is 1. The van der Waals surface area contributed by atoms with Gasteiger partial charge in [-0.1, -0.05) is 27.2 Å². The van der Waals surface area contributed by atoms with Gasteiger partial charge in [0.15, 0.2) is 5.69 Å². The molecule has 0 aliphatic carbocycles. The van der Waals surface area contributed by atoms with Crippen molar-refractivity contribution in [1.29, 1.82) is 0 Å². The summed E-state index contributed by atoms with van der Waals surface area (Å²) in [5, 5.41) is 0. The Kier molecular flexibility index (Phi) is 9.66. The molecule has 0 spiro atoms. The first-order valence-corrected chi connectivity index (χ1v) is 11.6. The molecule has 1 aromatic rings. The van der Waals surface area contributed by atoms with Gasteiger partial charge in [0.05, 0.1) is 13.1 Å². The fourth-order valence-corrected chi connectivity index (χ4v) is 3.78. The summed E-state index contributed by atoms with van der Waals surface area (Å²) in [7, 11) is 3.47. The Morgan fingerprint density at radius 2 is 1.58 bits per heavy atom. The number of H-pyrrole nitrogens is 1. The fourth-order valence-electron chi connectivity index (χ4n) is 3.78. The van der Waals surface area contributed by atoms with Gasteiger partial charge in [0.25, 0.3) is 5.56 Å². The number of piperazine rings is 1. The maximum Gasteiger partial charge on any atom is 0.330 e. The van der Waals surface area contributed by atoms with Crippen molar-refractivity contribution in [3.05, 3.63) is 20.8 Å². The van der Waals surface area contributed by atoms with E-state index in [0.717, 1.165) is 6.42 Å². The van der Waals surface area contributed by atoms with Gasteiger partial charge in [-0.2, -0.15) is 0 Å². The number of aromatic amines is 1. The van der Waals surface area contributed by atoms with E-state index in [4.69, 9.17) is 5.73 Å². The minimum absolute atomic E-state index is 0.0221. The Bertz CT molecular complexity index is 930. The van der Waals surface area contributed by atoms with Crippen LogP contribution in [-0.4, -0.2) is 96.0 Å². The van der Waals surface area contributed by atoms with E-state index in [-0.39, 0.29) is 35.8 Å². The second-order valence-electron chi connectivity index (χ2n) is 9.24. The standard InChI is InChI=1S/C22H39N7O4/c1-6-7-8-28(19-20(23)29(13-16(2)3)22(33)24-21(19)32)18(31)15-27-11-9-26(10-12-27)14-17(30)25(4)5/h16H,6-15,23H2,1-5H3,(H,24,32,33). The highest BCUT2D eigenvalue weighted by Crippen LogP contribution is 2.19. The Balaban J connectivity index is 2.18. The molecule has 1 aliphatic heterocycles. The van der Waals surface area contributed by atoms with Crippen LogP contribution in [0.5, 0.6) is 0 Å². The maximum atomic E-state index is 13.3. The Hall–Kier alpha value is -2.66. The fraction of sp³-hybridized carbons (Fsp3) is 0.727. The zero-order chi connectivity index (χ0) is 24.7. The molecule has 0 aromatic carbocycles. The SMILES string of the molecule is CCCCN(C(=O)CN1CCN(CC(=O)N(C)C)CC1)c1c(N)n(CC(C)C)c(=O)[nH]c1=O. The number of unbranched alkanes of at least 4 members (excludes halogenated alkanes) is 1. The quantitative estimate of drug-likeness (QED) is 0.482. The predicted octanol–water partition coefficient (Wildman–Crippen LogP) is -0.386. The third kappa shape index (κ3) is 7.16. The largest absolute Gasteiger partial charge is 0.383 e. The summed E-state index contributed by atoms with van der Waals surface area (Å²) in [4.78, 5) is 59.7. The number of hydrogen-bond acceptors (Lipinski definition) is 7. The van der Waals surface area contributed by atoms with E-state index in [1.165, 1.54) is 9.47 Å². The number of carbonyl (C=O) groups excluding carboxylic acids is 2. The van der Waals surface area contributed by atoms with Gasteiger partial charge in [-0.3, -0.25) is 33.7 Å². The van der Waals surface area contributed by atoms with Crippen LogP contribution in [0, 0.1) is 5.92 Å².